The first-order chi connectivity index (χ1) is 7.61. The van der Waals surface area contributed by atoms with Crippen molar-refractivity contribution in [3.63, 3.8) is 0 Å². The number of hydrogen-bond donors (Lipinski definition) is 2. The number of anilines is 1. The van der Waals surface area contributed by atoms with E-state index < -0.39 is 5.56 Å². The average Bonchev–Trinajstić information content (AvgIpc) is 2.32. The maximum atomic E-state index is 11.4. The van der Waals surface area contributed by atoms with Crippen molar-refractivity contribution >= 4 is 5.69 Å². The van der Waals surface area contributed by atoms with Gasteiger partial charge in [-0.25, -0.2) is 4.68 Å². The zero-order chi connectivity index (χ0) is 11.7. The normalized spacial score (nSPS) is 10.3. The lowest BCUT2D eigenvalue weighted by Crippen LogP contribution is -2.23. The molecule has 0 saturated carbocycles. The molecule has 0 atom stereocenters. The lowest BCUT2D eigenvalue weighted by molar-refractivity contribution is 0.471. The van der Waals surface area contributed by atoms with Gasteiger partial charge in [0, 0.05) is 12.6 Å². The molecule has 0 saturated heterocycles. The molecule has 0 aliphatic rings. The molecule has 3 N–H and O–H groups in total. The predicted molar refractivity (Wildman–Crippen MR) is 61.0 cm³/mol. The molecule has 0 amide bonds. The van der Waals surface area contributed by atoms with Crippen LogP contribution in [-0.4, -0.2) is 14.9 Å². The van der Waals surface area contributed by atoms with Crippen LogP contribution < -0.4 is 11.3 Å². The van der Waals surface area contributed by atoms with Gasteiger partial charge in [-0.05, 0) is 0 Å². The molecular weight excluding hydrogens is 206 g/mol. The van der Waals surface area contributed by atoms with E-state index in [2.05, 4.69) is 5.10 Å². The van der Waals surface area contributed by atoms with E-state index in [1.807, 2.05) is 18.2 Å². The first-order valence-electron chi connectivity index (χ1n) is 4.72. The zero-order valence-electron chi connectivity index (χ0n) is 8.71. The molecule has 1 aromatic heterocycles. The molecule has 2 aromatic rings. The van der Waals surface area contributed by atoms with Crippen LogP contribution in [0.2, 0.25) is 0 Å². The van der Waals surface area contributed by atoms with Gasteiger partial charge in [0.1, 0.15) is 11.4 Å². The number of rotatable bonds is 1. The predicted octanol–water partition coefficient (Wildman–Crippen LogP) is 0.735. The smallest absolute Gasteiger partial charge is 0.293 e. The summed E-state index contributed by atoms with van der Waals surface area (Å²) in [6, 6.07) is 9.05. The van der Waals surface area contributed by atoms with Gasteiger partial charge in [0.05, 0.1) is 0 Å². The molecule has 0 bridgehead atoms. The molecule has 16 heavy (non-hydrogen) atoms. The lowest BCUT2D eigenvalue weighted by Gasteiger charge is -2.07. The van der Waals surface area contributed by atoms with E-state index in [0.29, 0.717) is 11.3 Å². The minimum atomic E-state index is -0.503. The summed E-state index contributed by atoms with van der Waals surface area (Å²) in [6.07, 6.45) is 0. The van der Waals surface area contributed by atoms with Gasteiger partial charge in [0.25, 0.3) is 5.56 Å². The highest BCUT2D eigenvalue weighted by atomic mass is 16.3. The number of nitrogens with zero attached hydrogens (tertiary/aromatic N) is 2. The summed E-state index contributed by atoms with van der Waals surface area (Å²) in [4.78, 5) is 11.4. The number of benzene rings is 1. The summed E-state index contributed by atoms with van der Waals surface area (Å²) in [5.41, 5.74) is 5.83. The van der Waals surface area contributed by atoms with Crippen molar-refractivity contribution in [1.29, 1.82) is 0 Å². The number of aromatic hydroxyl groups is 1. The number of aryl methyl sites for hydroxylation is 1. The lowest BCUT2D eigenvalue weighted by atomic mass is 10.1. The van der Waals surface area contributed by atoms with Crippen LogP contribution >= 0.6 is 0 Å². The zero-order valence-corrected chi connectivity index (χ0v) is 8.71. The summed E-state index contributed by atoms with van der Waals surface area (Å²) in [5, 5.41) is 13.7. The SMILES string of the molecule is Cn1nc(-c2ccccc2)c(O)c(N)c1=O. The van der Waals surface area contributed by atoms with E-state index in [9.17, 15) is 9.90 Å². The van der Waals surface area contributed by atoms with E-state index in [1.54, 1.807) is 12.1 Å². The van der Waals surface area contributed by atoms with E-state index in [1.165, 1.54) is 7.05 Å². The minimum absolute atomic E-state index is 0.184. The van der Waals surface area contributed by atoms with E-state index in [0.717, 1.165) is 4.68 Å². The van der Waals surface area contributed by atoms with Crippen LogP contribution in [0, 0.1) is 0 Å². The quantitative estimate of drug-likeness (QED) is 0.738. The Morgan fingerprint density at radius 1 is 1.31 bits per heavy atom. The minimum Gasteiger partial charge on any atom is -0.504 e. The topological polar surface area (TPSA) is 81.1 Å². The fourth-order valence-corrected chi connectivity index (χ4v) is 1.44. The molecule has 5 heteroatoms. The van der Waals surface area contributed by atoms with E-state index >= 15 is 0 Å². The number of nitrogen functional groups attached to an aromatic ring is 1. The third-order valence-electron chi connectivity index (χ3n) is 2.30. The van der Waals surface area contributed by atoms with Crippen LogP contribution in [-0.2, 0) is 7.05 Å². The third kappa shape index (κ3) is 1.52. The Balaban J connectivity index is 2.73. The highest BCUT2D eigenvalue weighted by Gasteiger charge is 2.13. The number of nitrogens with two attached hydrogens (primary N) is 1. The first-order valence-corrected chi connectivity index (χ1v) is 4.72. The van der Waals surface area contributed by atoms with Crippen molar-refractivity contribution in [3.8, 4) is 17.0 Å². The van der Waals surface area contributed by atoms with Crippen molar-refractivity contribution in [2.24, 2.45) is 7.05 Å². The van der Waals surface area contributed by atoms with Crippen LogP contribution in [0.3, 0.4) is 0 Å². The Hall–Kier alpha value is -2.30. The maximum absolute atomic E-state index is 11.4. The van der Waals surface area contributed by atoms with Gasteiger partial charge in [-0.15, -0.1) is 0 Å². The van der Waals surface area contributed by atoms with Crippen molar-refractivity contribution < 1.29 is 5.11 Å². The second kappa shape index (κ2) is 3.69. The standard InChI is InChI=1S/C11H11N3O2/c1-14-11(16)8(12)10(15)9(13-14)7-5-3-2-4-6-7/h2-6,15H,12H2,1H3. The van der Waals surface area contributed by atoms with Gasteiger partial charge in [-0.2, -0.15) is 5.10 Å². The molecule has 0 fully saturated rings. The van der Waals surface area contributed by atoms with Gasteiger partial charge in [0.15, 0.2) is 5.75 Å². The largest absolute Gasteiger partial charge is 0.504 e. The van der Waals surface area contributed by atoms with Gasteiger partial charge in [0.2, 0.25) is 0 Å². The number of aromatic nitrogens is 2. The monoisotopic (exact) mass is 217 g/mol. The summed E-state index contributed by atoms with van der Waals surface area (Å²) in [7, 11) is 1.49. The van der Waals surface area contributed by atoms with Gasteiger partial charge < -0.3 is 10.8 Å². The van der Waals surface area contributed by atoms with Gasteiger partial charge >= 0.3 is 0 Å². The molecule has 0 spiro atoms. The van der Waals surface area contributed by atoms with Crippen LogP contribution in [0.1, 0.15) is 0 Å². The third-order valence-corrected chi connectivity index (χ3v) is 2.30. The summed E-state index contributed by atoms with van der Waals surface area (Å²) in [5.74, 6) is -0.269. The van der Waals surface area contributed by atoms with Crippen LogP contribution in [0.5, 0.6) is 5.75 Å². The van der Waals surface area contributed by atoms with Gasteiger partial charge in [-0.1, -0.05) is 30.3 Å². The van der Waals surface area contributed by atoms with Crippen molar-refractivity contribution in [1.82, 2.24) is 9.78 Å². The fourth-order valence-electron chi connectivity index (χ4n) is 1.44. The molecule has 1 heterocycles. The first kappa shape index (κ1) is 10.2. The Morgan fingerprint density at radius 3 is 2.56 bits per heavy atom. The van der Waals surface area contributed by atoms with Crippen LogP contribution in [0.15, 0.2) is 35.1 Å². The van der Waals surface area contributed by atoms with Gasteiger partial charge in [-0.3, -0.25) is 4.79 Å². The maximum Gasteiger partial charge on any atom is 0.293 e. The molecule has 5 nitrogen and oxygen atoms in total. The summed E-state index contributed by atoms with van der Waals surface area (Å²) >= 11 is 0. The summed E-state index contributed by atoms with van der Waals surface area (Å²) in [6.45, 7) is 0. The molecule has 0 aliphatic carbocycles. The number of hydrogen-bond acceptors (Lipinski definition) is 4. The molecule has 82 valence electrons. The highest BCUT2D eigenvalue weighted by Crippen LogP contribution is 2.28. The summed E-state index contributed by atoms with van der Waals surface area (Å²) < 4.78 is 1.11. The second-order valence-electron chi connectivity index (χ2n) is 3.41. The second-order valence-corrected chi connectivity index (χ2v) is 3.41. The molecule has 2 rings (SSSR count). The Labute approximate surface area is 91.8 Å². The Morgan fingerprint density at radius 2 is 1.94 bits per heavy atom. The Bertz CT molecular complexity index is 576. The average molecular weight is 217 g/mol. The molecule has 0 aliphatic heterocycles. The van der Waals surface area contributed by atoms with Crippen molar-refractivity contribution in [2.75, 3.05) is 5.73 Å². The highest BCUT2D eigenvalue weighted by molar-refractivity contribution is 5.71. The fraction of sp³-hybridized carbons (Fsp3) is 0.0909. The van der Waals surface area contributed by atoms with Crippen LogP contribution in [0.4, 0.5) is 5.69 Å². The van der Waals surface area contributed by atoms with E-state index in [-0.39, 0.29) is 11.4 Å². The van der Waals surface area contributed by atoms with Crippen molar-refractivity contribution in [2.45, 2.75) is 0 Å². The molecule has 0 radical (unpaired) electrons. The Kier molecular flexibility index (Phi) is 2.36. The molecule has 1 aromatic carbocycles. The van der Waals surface area contributed by atoms with Crippen molar-refractivity contribution in [3.05, 3.63) is 40.7 Å². The molecular formula is C11H11N3O2. The van der Waals surface area contributed by atoms with Crippen LogP contribution in [0.25, 0.3) is 11.3 Å². The molecule has 0 unspecified atom stereocenters. The van der Waals surface area contributed by atoms with E-state index in [4.69, 9.17) is 5.73 Å².